The molecule has 0 aromatic heterocycles. The van der Waals surface area contributed by atoms with E-state index >= 15 is 0 Å². The largest absolute Gasteiger partial charge is 0.493 e. The fourth-order valence-electron chi connectivity index (χ4n) is 1.49. The predicted octanol–water partition coefficient (Wildman–Crippen LogP) is 2.53. The van der Waals surface area contributed by atoms with Crippen molar-refractivity contribution in [1.82, 2.24) is 0 Å². The number of carboxylic acid groups (broad SMARTS) is 1. The van der Waals surface area contributed by atoms with Crippen LogP contribution in [0.3, 0.4) is 0 Å². The first-order valence-corrected chi connectivity index (χ1v) is 5.65. The van der Waals surface area contributed by atoms with E-state index < -0.39 is 5.97 Å². The molecule has 0 aliphatic heterocycles. The van der Waals surface area contributed by atoms with Gasteiger partial charge < -0.3 is 9.84 Å². The standard InChI is InChI=1S/C14H16O4/c1-4-18-13-8-10(3)9(2)7-11(13)12(15)5-6-14(16)17/h5-8H,4H2,1-3H3,(H,16,17)/b6-5+. The summed E-state index contributed by atoms with van der Waals surface area (Å²) >= 11 is 0. The molecule has 4 heteroatoms. The van der Waals surface area contributed by atoms with E-state index in [1.165, 1.54) is 0 Å². The van der Waals surface area contributed by atoms with Gasteiger partial charge >= 0.3 is 5.97 Å². The van der Waals surface area contributed by atoms with E-state index in [0.717, 1.165) is 23.3 Å². The van der Waals surface area contributed by atoms with Gasteiger partial charge in [-0.1, -0.05) is 0 Å². The van der Waals surface area contributed by atoms with E-state index in [0.29, 0.717) is 17.9 Å². The van der Waals surface area contributed by atoms with Crippen LogP contribution in [-0.4, -0.2) is 23.5 Å². The van der Waals surface area contributed by atoms with Crippen LogP contribution in [0.15, 0.2) is 24.3 Å². The topological polar surface area (TPSA) is 63.6 Å². The van der Waals surface area contributed by atoms with E-state index in [2.05, 4.69) is 0 Å². The van der Waals surface area contributed by atoms with Crippen molar-refractivity contribution in [2.24, 2.45) is 0 Å². The molecular weight excluding hydrogens is 232 g/mol. The Hall–Kier alpha value is -2.10. The first-order chi connectivity index (χ1) is 8.45. The minimum absolute atomic E-state index is 0.371. The summed E-state index contributed by atoms with van der Waals surface area (Å²) in [6.07, 6.45) is 1.86. The van der Waals surface area contributed by atoms with Gasteiger partial charge in [0.25, 0.3) is 0 Å². The Labute approximate surface area is 106 Å². The molecule has 0 spiro atoms. The fraction of sp³-hybridized carbons (Fsp3) is 0.286. The van der Waals surface area contributed by atoms with Gasteiger partial charge in [0, 0.05) is 6.08 Å². The summed E-state index contributed by atoms with van der Waals surface area (Å²) in [6, 6.07) is 3.51. The zero-order valence-corrected chi connectivity index (χ0v) is 10.7. The van der Waals surface area contributed by atoms with Gasteiger partial charge in [-0.05, 0) is 50.1 Å². The van der Waals surface area contributed by atoms with Crippen LogP contribution in [0.4, 0.5) is 0 Å². The molecule has 0 saturated carbocycles. The summed E-state index contributed by atoms with van der Waals surface area (Å²) in [4.78, 5) is 22.3. The van der Waals surface area contributed by atoms with Crippen LogP contribution >= 0.6 is 0 Å². The second-order valence-corrected chi connectivity index (χ2v) is 3.90. The fourth-order valence-corrected chi connectivity index (χ4v) is 1.49. The molecule has 1 rings (SSSR count). The van der Waals surface area contributed by atoms with Gasteiger partial charge in [0.1, 0.15) is 5.75 Å². The van der Waals surface area contributed by atoms with Gasteiger partial charge in [0.05, 0.1) is 12.2 Å². The van der Waals surface area contributed by atoms with Crippen LogP contribution in [0.2, 0.25) is 0 Å². The molecule has 0 bridgehead atoms. The normalized spacial score (nSPS) is 10.6. The van der Waals surface area contributed by atoms with Crippen LogP contribution in [-0.2, 0) is 4.79 Å². The average molecular weight is 248 g/mol. The lowest BCUT2D eigenvalue weighted by Crippen LogP contribution is -2.04. The first-order valence-electron chi connectivity index (χ1n) is 5.65. The van der Waals surface area contributed by atoms with Gasteiger partial charge in [-0.15, -0.1) is 0 Å². The lowest BCUT2D eigenvalue weighted by atomic mass is 10.0. The van der Waals surface area contributed by atoms with Crippen molar-refractivity contribution in [3.8, 4) is 5.75 Å². The summed E-state index contributed by atoms with van der Waals surface area (Å²) in [6.45, 7) is 6.10. The third kappa shape index (κ3) is 3.45. The van der Waals surface area contributed by atoms with Crippen molar-refractivity contribution in [2.45, 2.75) is 20.8 Å². The van der Waals surface area contributed by atoms with Crippen LogP contribution in [0, 0.1) is 13.8 Å². The van der Waals surface area contributed by atoms with Gasteiger partial charge in [-0.3, -0.25) is 4.79 Å². The van der Waals surface area contributed by atoms with Gasteiger partial charge in [0.2, 0.25) is 0 Å². The number of rotatable bonds is 5. The first kappa shape index (κ1) is 14.0. The number of hydrogen-bond acceptors (Lipinski definition) is 3. The minimum Gasteiger partial charge on any atom is -0.493 e. The third-order valence-electron chi connectivity index (χ3n) is 2.54. The zero-order chi connectivity index (χ0) is 13.7. The highest BCUT2D eigenvalue weighted by Crippen LogP contribution is 2.24. The zero-order valence-electron chi connectivity index (χ0n) is 10.7. The van der Waals surface area contributed by atoms with Crippen molar-refractivity contribution < 1.29 is 19.4 Å². The van der Waals surface area contributed by atoms with E-state index in [4.69, 9.17) is 9.84 Å². The summed E-state index contributed by atoms with van der Waals surface area (Å²) in [5, 5.41) is 8.51. The molecule has 18 heavy (non-hydrogen) atoms. The monoisotopic (exact) mass is 248 g/mol. The third-order valence-corrected chi connectivity index (χ3v) is 2.54. The number of carboxylic acids is 1. The van der Waals surface area contributed by atoms with Gasteiger partial charge in [-0.25, -0.2) is 4.79 Å². The SMILES string of the molecule is CCOc1cc(C)c(C)cc1C(=O)/C=C/C(=O)O. The number of aryl methyl sites for hydroxylation is 2. The highest BCUT2D eigenvalue weighted by Gasteiger charge is 2.12. The molecule has 0 heterocycles. The predicted molar refractivity (Wildman–Crippen MR) is 68.2 cm³/mol. The Morgan fingerprint density at radius 3 is 2.39 bits per heavy atom. The van der Waals surface area contributed by atoms with E-state index in [1.807, 2.05) is 20.8 Å². The van der Waals surface area contributed by atoms with Gasteiger partial charge in [0.15, 0.2) is 5.78 Å². The maximum Gasteiger partial charge on any atom is 0.328 e. The molecule has 0 unspecified atom stereocenters. The second kappa shape index (κ2) is 6.00. The number of allylic oxidation sites excluding steroid dienone is 1. The Balaban J connectivity index is 3.17. The van der Waals surface area contributed by atoms with Crippen LogP contribution < -0.4 is 4.74 Å². The summed E-state index contributed by atoms with van der Waals surface area (Å²) in [5.41, 5.74) is 2.38. The molecule has 1 N–H and O–H groups in total. The number of ether oxygens (including phenoxy) is 1. The molecule has 0 amide bonds. The lowest BCUT2D eigenvalue weighted by Gasteiger charge is -2.11. The molecule has 1 aromatic rings. The van der Waals surface area contributed by atoms with Crippen molar-refractivity contribution in [3.05, 3.63) is 41.0 Å². The molecule has 0 radical (unpaired) electrons. The number of aliphatic carboxylic acids is 1. The van der Waals surface area contributed by atoms with Crippen LogP contribution in [0.1, 0.15) is 28.4 Å². The quantitative estimate of drug-likeness (QED) is 0.642. The lowest BCUT2D eigenvalue weighted by molar-refractivity contribution is -0.131. The number of ketones is 1. The number of benzene rings is 1. The molecule has 4 nitrogen and oxygen atoms in total. The Morgan fingerprint density at radius 1 is 1.22 bits per heavy atom. The Morgan fingerprint density at radius 2 is 1.83 bits per heavy atom. The number of carbonyl (C=O) groups is 2. The Kier molecular flexibility index (Phi) is 4.66. The maximum atomic E-state index is 11.9. The van der Waals surface area contributed by atoms with E-state index in [1.54, 1.807) is 12.1 Å². The molecule has 96 valence electrons. The molecule has 0 fully saturated rings. The number of hydrogen-bond donors (Lipinski definition) is 1. The summed E-state index contributed by atoms with van der Waals surface area (Å²) in [7, 11) is 0. The van der Waals surface area contributed by atoms with Crippen molar-refractivity contribution in [1.29, 1.82) is 0 Å². The maximum absolute atomic E-state index is 11.9. The van der Waals surface area contributed by atoms with E-state index in [-0.39, 0.29) is 5.78 Å². The summed E-state index contributed by atoms with van der Waals surface area (Å²) in [5.74, 6) is -1.03. The highest BCUT2D eigenvalue weighted by atomic mass is 16.5. The molecule has 0 atom stereocenters. The molecule has 1 aromatic carbocycles. The number of carbonyl (C=O) groups excluding carboxylic acids is 1. The molecule has 0 aliphatic rings. The van der Waals surface area contributed by atoms with Crippen LogP contribution in [0.25, 0.3) is 0 Å². The Bertz CT molecular complexity index is 501. The molecule has 0 saturated heterocycles. The van der Waals surface area contributed by atoms with Crippen molar-refractivity contribution in [3.63, 3.8) is 0 Å². The minimum atomic E-state index is -1.15. The van der Waals surface area contributed by atoms with Gasteiger partial charge in [-0.2, -0.15) is 0 Å². The van der Waals surface area contributed by atoms with Crippen molar-refractivity contribution >= 4 is 11.8 Å². The average Bonchev–Trinajstić information content (AvgIpc) is 2.30. The van der Waals surface area contributed by atoms with Crippen LogP contribution in [0.5, 0.6) is 5.75 Å². The molecular formula is C14H16O4. The van der Waals surface area contributed by atoms with Crippen molar-refractivity contribution in [2.75, 3.05) is 6.61 Å². The molecule has 0 aliphatic carbocycles. The second-order valence-electron chi connectivity index (χ2n) is 3.90. The highest BCUT2D eigenvalue weighted by molar-refractivity contribution is 6.08. The van der Waals surface area contributed by atoms with E-state index in [9.17, 15) is 9.59 Å². The smallest absolute Gasteiger partial charge is 0.328 e. The summed E-state index contributed by atoms with van der Waals surface area (Å²) < 4.78 is 5.40.